The van der Waals surface area contributed by atoms with Crippen molar-refractivity contribution < 1.29 is 18.8 Å². The molecule has 4 heteroatoms. The number of hydrogen-bond donors (Lipinski definition) is 0. The van der Waals surface area contributed by atoms with Crippen LogP contribution < -0.4 is 4.74 Å². The Hall–Kier alpha value is -2.33. The molecule has 0 aliphatic heterocycles. The second-order valence-electron chi connectivity index (χ2n) is 12.3. The van der Waals surface area contributed by atoms with Gasteiger partial charge in [-0.05, 0) is 50.3 Å². The van der Waals surface area contributed by atoms with Crippen molar-refractivity contribution in [3.05, 3.63) is 65.7 Å². The summed E-state index contributed by atoms with van der Waals surface area (Å²) in [5.41, 5.74) is 2.74. The predicted octanol–water partition coefficient (Wildman–Crippen LogP) is 9.30. The summed E-state index contributed by atoms with van der Waals surface area (Å²) in [7, 11) is 4.50. The molecule has 0 heterocycles. The van der Waals surface area contributed by atoms with Crippen molar-refractivity contribution in [2.24, 2.45) is 0 Å². The first kappa shape index (κ1) is 33.9. The van der Waals surface area contributed by atoms with Crippen molar-refractivity contribution in [3.63, 3.8) is 0 Å². The molecule has 0 aliphatic carbocycles. The van der Waals surface area contributed by atoms with Crippen LogP contribution in [0.4, 0.5) is 0 Å². The minimum Gasteiger partial charge on any atom is -0.491 e. The number of carbonyl (C=O) groups excluding carboxylic acids is 1. The number of rotatable bonds is 23. The summed E-state index contributed by atoms with van der Waals surface area (Å²) in [5, 5.41) is 0. The van der Waals surface area contributed by atoms with Crippen LogP contribution in [0.25, 0.3) is 0 Å². The monoisotopic (exact) mass is 552 g/mol. The Morgan fingerprint density at radius 1 is 0.750 bits per heavy atom. The topological polar surface area (TPSA) is 35.5 Å². The lowest BCUT2D eigenvalue weighted by Gasteiger charge is -2.30. The first-order valence-electron chi connectivity index (χ1n) is 16.1. The van der Waals surface area contributed by atoms with Gasteiger partial charge in [0.2, 0.25) is 0 Å². The lowest BCUT2D eigenvalue weighted by molar-refractivity contribution is -0.903. The Morgan fingerprint density at radius 3 is 2.02 bits per heavy atom. The molecule has 40 heavy (non-hydrogen) atoms. The second kappa shape index (κ2) is 20.5. The highest BCUT2D eigenvalue weighted by molar-refractivity contribution is 5.69. The molecule has 0 bridgehead atoms. The highest BCUT2D eigenvalue weighted by Gasteiger charge is 2.16. The van der Waals surface area contributed by atoms with E-state index in [1.165, 1.54) is 75.3 Å². The Kier molecular flexibility index (Phi) is 17.4. The number of nitrogens with zero attached hydrogens (tertiary/aromatic N) is 1. The van der Waals surface area contributed by atoms with Gasteiger partial charge in [0.15, 0.2) is 0 Å². The Labute approximate surface area is 246 Å². The lowest BCUT2D eigenvalue weighted by Crippen LogP contribution is -2.39. The van der Waals surface area contributed by atoms with Crippen LogP contribution in [0.5, 0.6) is 5.75 Å². The third kappa shape index (κ3) is 16.7. The Bertz CT molecular complexity index is 894. The molecule has 0 aliphatic rings. The van der Waals surface area contributed by atoms with Crippen LogP contribution in [0.3, 0.4) is 0 Å². The summed E-state index contributed by atoms with van der Waals surface area (Å²) < 4.78 is 12.4. The van der Waals surface area contributed by atoms with Gasteiger partial charge in [0.1, 0.15) is 12.3 Å². The van der Waals surface area contributed by atoms with Crippen LogP contribution in [-0.2, 0) is 22.5 Å². The molecular weight excluding hydrogens is 494 g/mol. The van der Waals surface area contributed by atoms with Crippen molar-refractivity contribution in [1.29, 1.82) is 0 Å². The average Bonchev–Trinajstić information content (AvgIpc) is 2.93. The van der Waals surface area contributed by atoms with Gasteiger partial charge in [-0.25, -0.2) is 0 Å². The van der Waals surface area contributed by atoms with E-state index in [-0.39, 0.29) is 12.1 Å². The fourth-order valence-electron chi connectivity index (χ4n) is 5.22. The van der Waals surface area contributed by atoms with E-state index < -0.39 is 0 Å². The molecule has 2 rings (SSSR count). The average molecular weight is 553 g/mol. The summed E-state index contributed by atoms with van der Waals surface area (Å²) in [6.07, 6.45) is 18.0. The SMILES string of the molecule is CCCCCCCCCCCCc1ccc(OC(C)CCOC(=O)CCCC[N+](C)(C)Cc2ccccc2)cc1. The zero-order valence-corrected chi connectivity index (χ0v) is 26.2. The molecule has 2 aromatic rings. The molecule has 0 fully saturated rings. The number of unbranched alkanes of at least 4 members (excludes halogenated alkanes) is 10. The molecule has 1 atom stereocenters. The van der Waals surface area contributed by atoms with Crippen molar-refractivity contribution in [2.75, 3.05) is 27.2 Å². The molecule has 0 saturated carbocycles. The van der Waals surface area contributed by atoms with Gasteiger partial charge in [-0.1, -0.05) is 107 Å². The molecule has 0 radical (unpaired) electrons. The van der Waals surface area contributed by atoms with E-state index in [1.54, 1.807) is 0 Å². The van der Waals surface area contributed by atoms with E-state index in [1.807, 2.05) is 6.92 Å². The quantitative estimate of drug-likeness (QED) is 0.0783. The lowest BCUT2D eigenvalue weighted by atomic mass is 10.0. The van der Waals surface area contributed by atoms with Gasteiger partial charge in [0.25, 0.3) is 0 Å². The Morgan fingerprint density at radius 2 is 1.38 bits per heavy atom. The molecule has 0 amide bonds. The maximum absolute atomic E-state index is 12.2. The van der Waals surface area contributed by atoms with Crippen LogP contribution in [0.1, 0.15) is 115 Å². The zero-order chi connectivity index (χ0) is 28.9. The van der Waals surface area contributed by atoms with Crippen molar-refractivity contribution in [2.45, 2.75) is 123 Å². The molecular formula is C36H58NO3+. The van der Waals surface area contributed by atoms with Gasteiger partial charge in [-0.3, -0.25) is 4.79 Å². The zero-order valence-electron chi connectivity index (χ0n) is 26.2. The number of hydrogen-bond acceptors (Lipinski definition) is 3. The van der Waals surface area contributed by atoms with Crippen LogP contribution in [0, 0.1) is 0 Å². The standard InChI is InChI=1S/C36H58NO3/c1-5-6-7-8-9-10-11-12-13-15-20-33-24-26-35(27-25-33)40-32(2)28-30-39-36(38)23-18-19-29-37(3,4)31-34-21-16-14-17-22-34/h14,16-17,21-22,24-27,32H,5-13,15,18-20,23,28-31H2,1-4H3/q+1. The molecule has 1 unspecified atom stereocenters. The van der Waals surface area contributed by atoms with Gasteiger partial charge in [-0.2, -0.15) is 0 Å². The summed E-state index contributed by atoms with van der Waals surface area (Å²) in [6, 6.07) is 19.1. The first-order chi connectivity index (χ1) is 19.4. The third-order valence-corrected chi connectivity index (χ3v) is 7.71. The van der Waals surface area contributed by atoms with Crippen LogP contribution >= 0.6 is 0 Å². The maximum Gasteiger partial charge on any atom is 0.305 e. The molecule has 4 nitrogen and oxygen atoms in total. The predicted molar refractivity (Wildman–Crippen MR) is 169 cm³/mol. The van der Waals surface area contributed by atoms with Crippen LogP contribution in [0.15, 0.2) is 54.6 Å². The summed E-state index contributed by atoms with van der Waals surface area (Å²) in [4.78, 5) is 12.2. The van der Waals surface area contributed by atoms with Crippen molar-refractivity contribution in [3.8, 4) is 5.75 Å². The van der Waals surface area contributed by atoms with E-state index in [0.29, 0.717) is 19.4 Å². The summed E-state index contributed by atoms with van der Waals surface area (Å²) >= 11 is 0. The first-order valence-corrected chi connectivity index (χ1v) is 16.1. The summed E-state index contributed by atoms with van der Waals surface area (Å²) in [6.45, 7) is 6.78. The molecule has 224 valence electrons. The van der Waals surface area contributed by atoms with E-state index in [0.717, 1.165) is 42.6 Å². The van der Waals surface area contributed by atoms with Gasteiger partial charge >= 0.3 is 5.97 Å². The molecule has 0 N–H and O–H groups in total. The van der Waals surface area contributed by atoms with Gasteiger partial charge in [0.05, 0.1) is 33.4 Å². The van der Waals surface area contributed by atoms with Gasteiger partial charge < -0.3 is 14.0 Å². The van der Waals surface area contributed by atoms with E-state index >= 15 is 0 Å². The second-order valence-corrected chi connectivity index (χ2v) is 12.3. The highest BCUT2D eigenvalue weighted by atomic mass is 16.5. The van der Waals surface area contributed by atoms with E-state index in [2.05, 4.69) is 75.6 Å². The number of quaternary nitrogens is 1. The smallest absolute Gasteiger partial charge is 0.305 e. The molecule has 0 aromatic heterocycles. The Balaban J connectivity index is 1.48. The fourth-order valence-corrected chi connectivity index (χ4v) is 5.22. The number of ether oxygens (including phenoxy) is 2. The normalized spacial score (nSPS) is 12.3. The van der Waals surface area contributed by atoms with Gasteiger partial charge in [0, 0.05) is 18.4 Å². The largest absolute Gasteiger partial charge is 0.491 e. The van der Waals surface area contributed by atoms with Gasteiger partial charge in [-0.15, -0.1) is 0 Å². The molecule has 0 spiro atoms. The highest BCUT2D eigenvalue weighted by Crippen LogP contribution is 2.18. The van der Waals surface area contributed by atoms with Crippen molar-refractivity contribution >= 4 is 5.97 Å². The van der Waals surface area contributed by atoms with Crippen molar-refractivity contribution in [1.82, 2.24) is 0 Å². The molecule has 0 saturated heterocycles. The fraction of sp³-hybridized carbons (Fsp3) is 0.639. The number of aryl methyl sites for hydroxylation is 1. The minimum absolute atomic E-state index is 0.0108. The van der Waals surface area contributed by atoms with E-state index in [9.17, 15) is 4.79 Å². The maximum atomic E-state index is 12.2. The number of esters is 1. The number of carbonyl (C=O) groups is 1. The van der Waals surface area contributed by atoms with Crippen LogP contribution in [0.2, 0.25) is 0 Å². The van der Waals surface area contributed by atoms with Crippen LogP contribution in [-0.4, -0.2) is 43.8 Å². The summed E-state index contributed by atoms with van der Waals surface area (Å²) in [5.74, 6) is 0.791. The minimum atomic E-state index is -0.100. The van der Waals surface area contributed by atoms with E-state index in [4.69, 9.17) is 9.47 Å². The number of benzene rings is 2. The molecule has 2 aromatic carbocycles. The third-order valence-electron chi connectivity index (χ3n) is 7.71.